The van der Waals surface area contributed by atoms with E-state index in [9.17, 15) is 4.79 Å². The molecule has 0 unspecified atom stereocenters. The second-order valence-electron chi connectivity index (χ2n) is 4.81. The lowest BCUT2D eigenvalue weighted by molar-refractivity contribution is -0.132. The summed E-state index contributed by atoms with van der Waals surface area (Å²) < 4.78 is 5.47. The van der Waals surface area contributed by atoms with Crippen LogP contribution in [0.1, 0.15) is 18.4 Å². The molecule has 1 aromatic rings. The molecule has 0 saturated heterocycles. The Labute approximate surface area is 118 Å². The highest BCUT2D eigenvalue weighted by atomic mass is 32.1. The summed E-state index contributed by atoms with van der Waals surface area (Å²) in [5.41, 5.74) is 6.52. The van der Waals surface area contributed by atoms with Gasteiger partial charge in [-0.1, -0.05) is 24.4 Å². The second-order valence-corrected chi connectivity index (χ2v) is 5.34. The van der Waals surface area contributed by atoms with E-state index in [1.165, 1.54) is 0 Å². The van der Waals surface area contributed by atoms with E-state index in [0.29, 0.717) is 23.2 Å². The first kappa shape index (κ1) is 13.8. The first-order valence-electron chi connectivity index (χ1n) is 6.32. The summed E-state index contributed by atoms with van der Waals surface area (Å²) in [7, 11) is 1.83. The van der Waals surface area contributed by atoms with Gasteiger partial charge >= 0.3 is 0 Å². The molecule has 1 amide bonds. The molecular weight excluding hydrogens is 260 g/mol. The van der Waals surface area contributed by atoms with Crippen molar-refractivity contribution in [3.63, 3.8) is 0 Å². The van der Waals surface area contributed by atoms with Crippen LogP contribution in [-0.4, -0.2) is 35.5 Å². The number of thiocarbonyl (C=S) groups is 1. The predicted molar refractivity (Wildman–Crippen MR) is 78.2 cm³/mol. The van der Waals surface area contributed by atoms with E-state index in [1.54, 1.807) is 4.90 Å². The van der Waals surface area contributed by atoms with Crippen LogP contribution < -0.4 is 10.5 Å². The van der Waals surface area contributed by atoms with E-state index < -0.39 is 0 Å². The van der Waals surface area contributed by atoms with Gasteiger partial charge in [0.1, 0.15) is 5.75 Å². The molecule has 2 rings (SSSR count). The largest absolute Gasteiger partial charge is 0.484 e. The van der Waals surface area contributed by atoms with Gasteiger partial charge in [0.05, 0.1) is 4.99 Å². The maximum Gasteiger partial charge on any atom is 0.260 e. The van der Waals surface area contributed by atoms with E-state index in [1.807, 2.05) is 31.3 Å². The lowest BCUT2D eigenvalue weighted by Gasteiger charge is -2.16. The predicted octanol–water partition coefficient (Wildman–Crippen LogP) is 1.51. The highest BCUT2D eigenvalue weighted by Crippen LogP contribution is 2.25. The topological polar surface area (TPSA) is 55.6 Å². The average Bonchev–Trinajstić information content (AvgIpc) is 3.20. The molecule has 0 spiro atoms. The Morgan fingerprint density at radius 2 is 2.05 bits per heavy atom. The van der Waals surface area contributed by atoms with Crippen LogP contribution in [0.25, 0.3) is 0 Å². The van der Waals surface area contributed by atoms with Crippen LogP contribution in [0.5, 0.6) is 5.75 Å². The van der Waals surface area contributed by atoms with Crippen LogP contribution in [0, 0.1) is 0 Å². The maximum absolute atomic E-state index is 11.8. The number of nitrogens with zero attached hydrogens (tertiary/aromatic N) is 1. The van der Waals surface area contributed by atoms with Gasteiger partial charge in [-0.3, -0.25) is 4.79 Å². The fourth-order valence-electron chi connectivity index (χ4n) is 1.82. The zero-order valence-electron chi connectivity index (χ0n) is 11.0. The minimum Gasteiger partial charge on any atom is -0.484 e. The Kier molecular flexibility index (Phi) is 4.37. The van der Waals surface area contributed by atoms with Gasteiger partial charge in [0.15, 0.2) is 6.61 Å². The number of carbonyl (C=O) groups excluding carboxylic acids is 1. The van der Waals surface area contributed by atoms with Crippen molar-refractivity contribution in [3.05, 3.63) is 29.8 Å². The molecule has 0 atom stereocenters. The normalized spacial score (nSPS) is 13.9. The van der Waals surface area contributed by atoms with Crippen molar-refractivity contribution in [1.82, 2.24) is 4.90 Å². The van der Waals surface area contributed by atoms with Crippen molar-refractivity contribution in [1.29, 1.82) is 0 Å². The summed E-state index contributed by atoms with van der Waals surface area (Å²) in [6.07, 6.45) is 2.80. The van der Waals surface area contributed by atoms with Crippen molar-refractivity contribution in [2.24, 2.45) is 5.73 Å². The molecule has 0 aliphatic heterocycles. The van der Waals surface area contributed by atoms with Crippen LogP contribution >= 0.6 is 12.2 Å². The number of hydrogen-bond acceptors (Lipinski definition) is 3. The molecule has 1 aliphatic rings. The van der Waals surface area contributed by atoms with Gasteiger partial charge in [0.25, 0.3) is 5.91 Å². The number of carbonyl (C=O) groups is 1. The highest BCUT2D eigenvalue weighted by molar-refractivity contribution is 7.80. The molecule has 5 heteroatoms. The average molecular weight is 278 g/mol. The molecule has 2 N–H and O–H groups in total. The maximum atomic E-state index is 11.8. The molecule has 1 aliphatic carbocycles. The van der Waals surface area contributed by atoms with E-state index >= 15 is 0 Å². The Morgan fingerprint density at radius 3 is 2.58 bits per heavy atom. The fraction of sp³-hybridized carbons (Fsp3) is 0.429. The minimum atomic E-state index is 0.0229. The van der Waals surface area contributed by atoms with E-state index in [2.05, 4.69) is 0 Å². The molecule has 0 aromatic heterocycles. The van der Waals surface area contributed by atoms with E-state index in [4.69, 9.17) is 22.7 Å². The molecule has 1 saturated carbocycles. The first-order valence-corrected chi connectivity index (χ1v) is 6.73. The molecule has 102 valence electrons. The van der Waals surface area contributed by atoms with Crippen LogP contribution in [0.4, 0.5) is 0 Å². The Hall–Kier alpha value is -1.62. The van der Waals surface area contributed by atoms with Gasteiger partial charge in [-0.25, -0.2) is 0 Å². The minimum absolute atomic E-state index is 0.0229. The van der Waals surface area contributed by atoms with Crippen molar-refractivity contribution in [2.75, 3.05) is 13.7 Å². The van der Waals surface area contributed by atoms with E-state index in [-0.39, 0.29) is 12.5 Å². The Bertz CT molecular complexity index is 469. The van der Waals surface area contributed by atoms with Crippen molar-refractivity contribution >= 4 is 23.1 Å². The number of hydrogen-bond donors (Lipinski definition) is 1. The van der Waals surface area contributed by atoms with Gasteiger partial charge < -0.3 is 15.4 Å². The molecule has 4 nitrogen and oxygen atoms in total. The summed E-state index contributed by atoms with van der Waals surface area (Å²) in [6, 6.07) is 7.90. The third-order valence-corrected chi connectivity index (χ3v) is 3.30. The third kappa shape index (κ3) is 4.21. The zero-order chi connectivity index (χ0) is 13.8. The molecule has 1 fully saturated rings. The lowest BCUT2D eigenvalue weighted by Crippen LogP contribution is -2.33. The molecule has 0 heterocycles. The van der Waals surface area contributed by atoms with Crippen LogP contribution in [0.3, 0.4) is 0 Å². The molecule has 0 bridgehead atoms. The monoisotopic (exact) mass is 278 g/mol. The number of benzene rings is 1. The Morgan fingerprint density at radius 1 is 1.42 bits per heavy atom. The fourth-order valence-corrected chi connectivity index (χ4v) is 1.98. The van der Waals surface area contributed by atoms with Gasteiger partial charge in [0, 0.05) is 19.5 Å². The summed E-state index contributed by atoms with van der Waals surface area (Å²) >= 11 is 4.85. The lowest BCUT2D eigenvalue weighted by atomic mass is 10.1. The first-order chi connectivity index (χ1) is 9.06. The quantitative estimate of drug-likeness (QED) is 0.802. The number of nitrogens with two attached hydrogens (primary N) is 1. The summed E-state index contributed by atoms with van der Waals surface area (Å²) in [6.45, 7) is 0.0850. The van der Waals surface area contributed by atoms with Gasteiger partial charge in [-0.05, 0) is 30.5 Å². The molecular formula is C14H18N2O2S. The number of likely N-dealkylation sites (N-methyl/N-ethyl adjacent to an activating group) is 1. The van der Waals surface area contributed by atoms with Crippen molar-refractivity contribution in [3.8, 4) is 5.75 Å². The number of amides is 1. The smallest absolute Gasteiger partial charge is 0.260 e. The number of rotatable bonds is 6. The molecule has 0 radical (unpaired) electrons. The van der Waals surface area contributed by atoms with Gasteiger partial charge in [-0.15, -0.1) is 0 Å². The van der Waals surface area contributed by atoms with Crippen LogP contribution in [-0.2, 0) is 11.2 Å². The second kappa shape index (κ2) is 6.02. The Balaban J connectivity index is 1.82. The third-order valence-electron chi connectivity index (χ3n) is 3.15. The summed E-state index contributed by atoms with van der Waals surface area (Å²) in [5, 5.41) is 0. The van der Waals surface area contributed by atoms with Crippen molar-refractivity contribution < 1.29 is 9.53 Å². The summed E-state index contributed by atoms with van der Waals surface area (Å²) in [4.78, 5) is 14.0. The number of ether oxygens (including phenoxy) is 1. The standard InChI is InChI=1S/C14H18N2O2S/c1-16(11-4-5-11)14(17)9-18-12-6-2-10(3-7-12)8-13(15)19/h2-3,6-7,11H,4-5,8-9H2,1H3,(H2,15,19). The van der Waals surface area contributed by atoms with Crippen LogP contribution in [0.2, 0.25) is 0 Å². The molecule has 19 heavy (non-hydrogen) atoms. The SMILES string of the molecule is CN(C(=O)COc1ccc(CC(N)=S)cc1)C1CC1. The molecule has 1 aromatic carbocycles. The highest BCUT2D eigenvalue weighted by Gasteiger charge is 2.29. The zero-order valence-corrected chi connectivity index (χ0v) is 11.8. The van der Waals surface area contributed by atoms with Crippen LogP contribution in [0.15, 0.2) is 24.3 Å². The van der Waals surface area contributed by atoms with Gasteiger partial charge in [0.2, 0.25) is 0 Å². The van der Waals surface area contributed by atoms with E-state index in [0.717, 1.165) is 18.4 Å². The van der Waals surface area contributed by atoms with Gasteiger partial charge in [-0.2, -0.15) is 0 Å². The summed E-state index contributed by atoms with van der Waals surface area (Å²) in [5.74, 6) is 0.707. The van der Waals surface area contributed by atoms with Crippen molar-refractivity contribution in [2.45, 2.75) is 25.3 Å².